The molecule has 3 nitrogen and oxygen atoms in total. The standard InChI is InChI=1S/C14H23N3/c1-2-8-17-14-7-5-3-4-6-13(14)12-9-15-11-16-10-12/h9-11,13-14,17H,2-8H2,1H3. The first kappa shape index (κ1) is 12.5. The Hall–Kier alpha value is -0.960. The van der Waals surface area contributed by atoms with Crippen LogP contribution in [0.25, 0.3) is 0 Å². The lowest BCUT2D eigenvalue weighted by atomic mass is 9.89. The third-order valence-corrected chi connectivity index (χ3v) is 3.68. The molecule has 1 aliphatic rings. The van der Waals surface area contributed by atoms with E-state index in [0.29, 0.717) is 12.0 Å². The zero-order valence-corrected chi connectivity index (χ0v) is 10.7. The van der Waals surface area contributed by atoms with Gasteiger partial charge in [-0.25, -0.2) is 9.97 Å². The molecule has 0 spiro atoms. The lowest BCUT2D eigenvalue weighted by Crippen LogP contribution is -2.34. The second kappa shape index (κ2) is 6.70. The fourth-order valence-corrected chi connectivity index (χ4v) is 2.78. The molecule has 0 amide bonds. The van der Waals surface area contributed by atoms with Crippen LogP contribution in [0.4, 0.5) is 0 Å². The Balaban J connectivity index is 2.08. The monoisotopic (exact) mass is 233 g/mol. The highest BCUT2D eigenvalue weighted by Gasteiger charge is 2.24. The van der Waals surface area contributed by atoms with Gasteiger partial charge in [-0.3, -0.25) is 0 Å². The summed E-state index contributed by atoms with van der Waals surface area (Å²) in [4.78, 5) is 8.33. The molecule has 0 bridgehead atoms. The average Bonchev–Trinajstić information content (AvgIpc) is 2.62. The zero-order chi connectivity index (χ0) is 11.9. The molecule has 1 saturated carbocycles. The third-order valence-electron chi connectivity index (χ3n) is 3.68. The number of hydrogen-bond donors (Lipinski definition) is 1. The first-order chi connectivity index (χ1) is 8.42. The van der Waals surface area contributed by atoms with Gasteiger partial charge in [-0.2, -0.15) is 0 Å². The van der Waals surface area contributed by atoms with Crippen molar-refractivity contribution in [1.29, 1.82) is 0 Å². The van der Waals surface area contributed by atoms with Crippen LogP contribution in [0.2, 0.25) is 0 Å². The van der Waals surface area contributed by atoms with Crippen LogP contribution in [0.15, 0.2) is 18.7 Å². The first-order valence-electron chi connectivity index (χ1n) is 6.90. The van der Waals surface area contributed by atoms with Crippen LogP contribution < -0.4 is 5.32 Å². The maximum Gasteiger partial charge on any atom is 0.115 e. The molecule has 17 heavy (non-hydrogen) atoms. The Morgan fingerprint density at radius 1 is 1.18 bits per heavy atom. The number of aromatic nitrogens is 2. The smallest absolute Gasteiger partial charge is 0.115 e. The van der Waals surface area contributed by atoms with Crippen LogP contribution in [0.3, 0.4) is 0 Å². The summed E-state index contributed by atoms with van der Waals surface area (Å²) in [6.07, 6.45) is 13.4. The van der Waals surface area contributed by atoms with Gasteiger partial charge >= 0.3 is 0 Å². The predicted molar refractivity (Wildman–Crippen MR) is 69.9 cm³/mol. The second-order valence-corrected chi connectivity index (χ2v) is 4.98. The van der Waals surface area contributed by atoms with Crippen molar-refractivity contribution in [2.24, 2.45) is 0 Å². The predicted octanol–water partition coefficient (Wildman–Crippen LogP) is 2.89. The summed E-state index contributed by atoms with van der Waals surface area (Å²) in [5.41, 5.74) is 1.31. The van der Waals surface area contributed by atoms with Crippen molar-refractivity contribution in [3.05, 3.63) is 24.3 Å². The average molecular weight is 233 g/mol. The first-order valence-corrected chi connectivity index (χ1v) is 6.90. The number of rotatable bonds is 4. The zero-order valence-electron chi connectivity index (χ0n) is 10.7. The molecular weight excluding hydrogens is 210 g/mol. The van der Waals surface area contributed by atoms with Gasteiger partial charge in [-0.15, -0.1) is 0 Å². The SMILES string of the molecule is CCCNC1CCCCCC1c1cncnc1. The topological polar surface area (TPSA) is 37.8 Å². The van der Waals surface area contributed by atoms with Gasteiger partial charge in [-0.05, 0) is 31.4 Å². The van der Waals surface area contributed by atoms with E-state index in [4.69, 9.17) is 0 Å². The Morgan fingerprint density at radius 3 is 2.71 bits per heavy atom. The van der Waals surface area contributed by atoms with Crippen molar-refractivity contribution < 1.29 is 0 Å². The number of hydrogen-bond acceptors (Lipinski definition) is 3. The van der Waals surface area contributed by atoms with E-state index in [-0.39, 0.29) is 0 Å². The van der Waals surface area contributed by atoms with Gasteiger partial charge in [0.2, 0.25) is 0 Å². The summed E-state index contributed by atoms with van der Waals surface area (Å²) in [7, 11) is 0. The molecule has 1 aromatic rings. The van der Waals surface area contributed by atoms with Crippen LogP contribution in [0, 0.1) is 0 Å². The highest BCUT2D eigenvalue weighted by molar-refractivity contribution is 5.13. The molecule has 2 unspecified atom stereocenters. The summed E-state index contributed by atoms with van der Waals surface area (Å²) in [6, 6.07) is 0.614. The molecule has 0 radical (unpaired) electrons. The van der Waals surface area contributed by atoms with E-state index >= 15 is 0 Å². The van der Waals surface area contributed by atoms with Crippen LogP contribution in [-0.2, 0) is 0 Å². The molecule has 1 aromatic heterocycles. The summed E-state index contributed by atoms with van der Waals surface area (Å²) in [6.45, 7) is 3.35. The Morgan fingerprint density at radius 2 is 1.94 bits per heavy atom. The van der Waals surface area contributed by atoms with Gasteiger partial charge in [0.1, 0.15) is 6.33 Å². The Bertz CT molecular complexity index is 313. The van der Waals surface area contributed by atoms with Crippen molar-refractivity contribution >= 4 is 0 Å². The Kier molecular flexibility index (Phi) is 4.92. The van der Waals surface area contributed by atoms with Crippen LogP contribution >= 0.6 is 0 Å². The largest absolute Gasteiger partial charge is 0.313 e. The molecule has 2 atom stereocenters. The van der Waals surface area contributed by atoms with Crippen molar-refractivity contribution in [3.8, 4) is 0 Å². The highest BCUT2D eigenvalue weighted by atomic mass is 14.9. The normalized spacial score (nSPS) is 25.5. The third kappa shape index (κ3) is 3.50. The van der Waals surface area contributed by atoms with Gasteiger partial charge in [0.15, 0.2) is 0 Å². The van der Waals surface area contributed by atoms with Gasteiger partial charge in [0.25, 0.3) is 0 Å². The fraction of sp³-hybridized carbons (Fsp3) is 0.714. The summed E-state index contributed by atoms with van der Waals surface area (Å²) >= 11 is 0. The summed E-state index contributed by atoms with van der Waals surface area (Å²) < 4.78 is 0. The quantitative estimate of drug-likeness (QED) is 0.813. The van der Waals surface area contributed by atoms with E-state index in [9.17, 15) is 0 Å². The lowest BCUT2D eigenvalue weighted by molar-refractivity contribution is 0.409. The second-order valence-electron chi connectivity index (χ2n) is 4.98. The molecule has 94 valence electrons. The van der Waals surface area contributed by atoms with Crippen LogP contribution in [0.1, 0.15) is 56.9 Å². The maximum absolute atomic E-state index is 4.17. The van der Waals surface area contributed by atoms with Crippen LogP contribution in [0.5, 0.6) is 0 Å². The molecule has 1 heterocycles. The molecule has 3 heteroatoms. The number of nitrogens with zero attached hydrogens (tertiary/aromatic N) is 2. The van der Waals surface area contributed by atoms with E-state index in [2.05, 4.69) is 22.2 Å². The van der Waals surface area contributed by atoms with Gasteiger partial charge in [0, 0.05) is 24.4 Å². The molecule has 0 saturated heterocycles. The molecular formula is C14H23N3. The van der Waals surface area contributed by atoms with Crippen molar-refractivity contribution in [2.75, 3.05) is 6.54 Å². The van der Waals surface area contributed by atoms with E-state index in [0.717, 1.165) is 6.54 Å². The summed E-state index contributed by atoms with van der Waals surface area (Å²) in [5, 5.41) is 3.70. The lowest BCUT2D eigenvalue weighted by Gasteiger charge is -2.26. The minimum Gasteiger partial charge on any atom is -0.313 e. The van der Waals surface area contributed by atoms with Gasteiger partial charge < -0.3 is 5.32 Å². The minimum absolute atomic E-state index is 0.602. The minimum atomic E-state index is 0.602. The van der Waals surface area contributed by atoms with Crippen molar-refractivity contribution in [2.45, 2.75) is 57.4 Å². The molecule has 0 aliphatic heterocycles. The van der Waals surface area contributed by atoms with Gasteiger partial charge in [0.05, 0.1) is 0 Å². The van der Waals surface area contributed by atoms with E-state index in [1.54, 1.807) is 6.33 Å². The molecule has 0 aromatic carbocycles. The van der Waals surface area contributed by atoms with E-state index in [1.807, 2.05) is 12.4 Å². The van der Waals surface area contributed by atoms with Crippen molar-refractivity contribution in [3.63, 3.8) is 0 Å². The Labute approximate surface area is 104 Å². The number of nitrogens with one attached hydrogen (secondary N) is 1. The summed E-state index contributed by atoms with van der Waals surface area (Å²) in [5.74, 6) is 0.602. The fourth-order valence-electron chi connectivity index (χ4n) is 2.78. The molecule has 1 aliphatic carbocycles. The van der Waals surface area contributed by atoms with Gasteiger partial charge in [-0.1, -0.05) is 26.2 Å². The van der Waals surface area contributed by atoms with Crippen molar-refractivity contribution in [1.82, 2.24) is 15.3 Å². The molecule has 2 rings (SSSR count). The maximum atomic E-state index is 4.17. The van der Waals surface area contributed by atoms with E-state index < -0.39 is 0 Å². The van der Waals surface area contributed by atoms with Crippen LogP contribution in [-0.4, -0.2) is 22.6 Å². The molecule has 1 N–H and O–H groups in total. The highest BCUT2D eigenvalue weighted by Crippen LogP contribution is 2.31. The van der Waals surface area contributed by atoms with E-state index in [1.165, 1.54) is 44.1 Å². The molecule has 1 fully saturated rings.